The second-order valence-corrected chi connectivity index (χ2v) is 11.6. The van der Waals surface area contributed by atoms with E-state index >= 15 is 0 Å². The number of ketones is 1. The van der Waals surface area contributed by atoms with Gasteiger partial charge in [-0.15, -0.1) is 0 Å². The van der Waals surface area contributed by atoms with Gasteiger partial charge >= 0.3 is 0 Å². The van der Waals surface area contributed by atoms with E-state index in [9.17, 15) is 14.7 Å². The van der Waals surface area contributed by atoms with Crippen LogP contribution < -0.4 is 19.1 Å². The number of carbonyl (C=O) groups is 2. The van der Waals surface area contributed by atoms with Gasteiger partial charge in [0.25, 0.3) is 5.91 Å². The van der Waals surface area contributed by atoms with E-state index in [1.807, 2.05) is 55.5 Å². The van der Waals surface area contributed by atoms with Gasteiger partial charge in [-0.1, -0.05) is 65.9 Å². The third kappa shape index (κ3) is 5.22. The lowest BCUT2D eigenvalue weighted by Crippen LogP contribution is -2.30. The van der Waals surface area contributed by atoms with E-state index in [2.05, 4.69) is 0 Å². The molecule has 1 N–H and O–H groups in total. The molecule has 230 valence electrons. The van der Waals surface area contributed by atoms with Gasteiger partial charge in [0, 0.05) is 5.39 Å². The standard InChI is InChI=1S/C36H28N2O7S/c1-3-43-25-16-17-26-29(19-25)46-36(37-26)38-31(22-12-14-24(15-13-22)44-20-21-8-5-4-6-9-21)30(33(40)35(38)41)32(39)28-18-23-10-7-11-27(42-2)34(23)45-28/h4-19,31,40H,3,20H2,1-2H3. The average Bonchev–Trinajstić information content (AvgIpc) is 3.78. The molecule has 0 fully saturated rings. The molecule has 1 aliphatic rings. The van der Waals surface area contributed by atoms with Crippen LogP contribution in [0.25, 0.3) is 21.2 Å². The maximum atomic E-state index is 14.2. The first-order valence-electron chi connectivity index (χ1n) is 14.6. The Morgan fingerprint density at radius 3 is 2.50 bits per heavy atom. The van der Waals surface area contributed by atoms with Crippen molar-refractivity contribution in [1.82, 2.24) is 4.98 Å². The molecule has 1 unspecified atom stereocenters. The Kier molecular flexibility index (Phi) is 7.63. The van der Waals surface area contributed by atoms with Crippen molar-refractivity contribution in [3.63, 3.8) is 0 Å². The first kappa shape index (κ1) is 29.1. The van der Waals surface area contributed by atoms with Crippen molar-refractivity contribution in [2.75, 3.05) is 18.6 Å². The Labute approximate surface area is 267 Å². The van der Waals surface area contributed by atoms with Crippen molar-refractivity contribution < 1.29 is 33.3 Å². The van der Waals surface area contributed by atoms with E-state index in [4.69, 9.17) is 23.6 Å². The second-order valence-electron chi connectivity index (χ2n) is 10.6. The first-order chi connectivity index (χ1) is 22.4. The first-order valence-corrected chi connectivity index (χ1v) is 15.4. The number of para-hydroxylation sites is 1. The summed E-state index contributed by atoms with van der Waals surface area (Å²) >= 11 is 1.27. The zero-order chi connectivity index (χ0) is 31.8. The number of nitrogens with zero attached hydrogens (tertiary/aromatic N) is 2. The molecule has 4 aromatic carbocycles. The summed E-state index contributed by atoms with van der Waals surface area (Å²) < 4.78 is 23.8. The van der Waals surface area contributed by atoms with Gasteiger partial charge in [0.1, 0.15) is 18.1 Å². The lowest BCUT2D eigenvalue weighted by molar-refractivity contribution is -0.117. The Balaban J connectivity index is 1.29. The number of amides is 1. The minimum absolute atomic E-state index is 0.0332. The number of aliphatic hydroxyl groups is 1. The molecule has 46 heavy (non-hydrogen) atoms. The molecule has 1 aliphatic heterocycles. The maximum absolute atomic E-state index is 14.2. The number of fused-ring (bicyclic) bond motifs is 2. The van der Waals surface area contributed by atoms with Gasteiger partial charge in [0.05, 0.1) is 35.5 Å². The molecule has 1 atom stereocenters. The smallest absolute Gasteiger partial charge is 0.296 e. The third-order valence-electron chi connectivity index (χ3n) is 7.71. The summed E-state index contributed by atoms with van der Waals surface area (Å²) in [6.07, 6.45) is 0. The Hall–Kier alpha value is -5.61. The summed E-state index contributed by atoms with van der Waals surface area (Å²) in [7, 11) is 1.51. The molecule has 3 heterocycles. The van der Waals surface area contributed by atoms with Crippen LogP contribution >= 0.6 is 11.3 Å². The molecule has 0 spiro atoms. The molecular formula is C36H28N2O7S. The lowest BCUT2D eigenvalue weighted by Gasteiger charge is -2.24. The number of methoxy groups -OCH3 is 1. The van der Waals surface area contributed by atoms with E-state index in [-0.39, 0.29) is 11.3 Å². The summed E-state index contributed by atoms with van der Waals surface area (Å²) in [5, 5.41) is 12.3. The average molecular weight is 633 g/mol. The molecule has 10 heteroatoms. The highest BCUT2D eigenvalue weighted by atomic mass is 32.1. The minimum Gasteiger partial charge on any atom is -0.503 e. The SMILES string of the molecule is CCOc1ccc2nc(N3C(=O)C(O)=C(C(=O)c4cc5cccc(OC)c5o4)C3c3ccc(OCc4ccccc4)cc3)sc2c1. The molecule has 0 saturated heterocycles. The van der Waals surface area contributed by atoms with Crippen LogP contribution in [0, 0.1) is 0 Å². The second kappa shape index (κ2) is 12.1. The largest absolute Gasteiger partial charge is 0.503 e. The van der Waals surface area contributed by atoms with Crippen LogP contribution in [0.2, 0.25) is 0 Å². The minimum atomic E-state index is -0.995. The van der Waals surface area contributed by atoms with Gasteiger partial charge in [0.2, 0.25) is 5.78 Å². The highest BCUT2D eigenvalue weighted by Gasteiger charge is 2.46. The predicted octanol–water partition coefficient (Wildman–Crippen LogP) is 7.81. The van der Waals surface area contributed by atoms with Crippen molar-refractivity contribution in [1.29, 1.82) is 0 Å². The molecule has 2 aromatic heterocycles. The fourth-order valence-electron chi connectivity index (χ4n) is 5.53. The summed E-state index contributed by atoms with van der Waals surface area (Å²) in [5.74, 6) is -0.316. The van der Waals surface area contributed by atoms with Crippen LogP contribution in [0.3, 0.4) is 0 Å². The number of hydrogen-bond donors (Lipinski definition) is 1. The van der Waals surface area contributed by atoms with Crippen molar-refractivity contribution in [3.05, 3.63) is 125 Å². The number of rotatable bonds is 10. The Bertz CT molecular complexity index is 2120. The van der Waals surface area contributed by atoms with Gasteiger partial charge < -0.3 is 23.7 Å². The number of furan rings is 1. The van der Waals surface area contributed by atoms with Gasteiger partial charge in [-0.2, -0.15) is 0 Å². The van der Waals surface area contributed by atoms with Gasteiger partial charge in [-0.25, -0.2) is 4.98 Å². The van der Waals surface area contributed by atoms with Gasteiger partial charge in [-0.05, 0) is 60.5 Å². The van der Waals surface area contributed by atoms with Crippen LogP contribution in [0.5, 0.6) is 17.2 Å². The van der Waals surface area contributed by atoms with Gasteiger partial charge in [0.15, 0.2) is 28.0 Å². The monoisotopic (exact) mass is 632 g/mol. The van der Waals surface area contributed by atoms with Crippen LogP contribution in [-0.4, -0.2) is 35.5 Å². The molecule has 1 amide bonds. The topological polar surface area (TPSA) is 111 Å². The molecule has 6 aromatic rings. The zero-order valence-electron chi connectivity index (χ0n) is 24.9. The summed E-state index contributed by atoms with van der Waals surface area (Å²) in [5.41, 5.74) is 2.53. The third-order valence-corrected chi connectivity index (χ3v) is 8.73. The zero-order valence-corrected chi connectivity index (χ0v) is 25.7. The van der Waals surface area contributed by atoms with Crippen LogP contribution in [-0.2, 0) is 11.4 Å². The number of ether oxygens (including phenoxy) is 3. The Morgan fingerprint density at radius 2 is 1.74 bits per heavy atom. The van der Waals surface area contributed by atoms with Crippen molar-refractivity contribution in [2.24, 2.45) is 0 Å². The summed E-state index contributed by atoms with van der Waals surface area (Å²) in [4.78, 5) is 34.0. The number of aromatic nitrogens is 1. The molecule has 0 saturated carbocycles. The fourth-order valence-corrected chi connectivity index (χ4v) is 6.55. The van der Waals surface area contributed by atoms with Crippen LogP contribution in [0.15, 0.2) is 113 Å². The number of benzene rings is 4. The molecule has 7 rings (SSSR count). The molecular weight excluding hydrogens is 604 g/mol. The van der Waals surface area contributed by atoms with E-state index in [1.54, 1.807) is 48.5 Å². The number of carbonyl (C=O) groups excluding carboxylic acids is 2. The molecule has 0 radical (unpaired) electrons. The van der Waals surface area contributed by atoms with Gasteiger partial charge in [-0.3, -0.25) is 14.5 Å². The maximum Gasteiger partial charge on any atom is 0.296 e. The Morgan fingerprint density at radius 1 is 0.957 bits per heavy atom. The number of Topliss-reactive ketones (excluding diaryl/α,β-unsaturated/α-hetero) is 1. The highest BCUT2D eigenvalue weighted by Crippen LogP contribution is 2.45. The van der Waals surface area contributed by atoms with Crippen LogP contribution in [0.1, 0.15) is 34.6 Å². The highest BCUT2D eigenvalue weighted by molar-refractivity contribution is 7.22. The number of anilines is 1. The summed E-state index contributed by atoms with van der Waals surface area (Å²) in [6, 6.07) is 28.3. The van der Waals surface area contributed by atoms with Crippen molar-refractivity contribution >= 4 is 49.3 Å². The quantitative estimate of drug-likeness (QED) is 0.152. The molecule has 0 bridgehead atoms. The molecule has 0 aliphatic carbocycles. The predicted molar refractivity (Wildman–Crippen MR) is 175 cm³/mol. The fraction of sp³-hybridized carbons (Fsp3) is 0.139. The van der Waals surface area contributed by atoms with E-state index in [0.717, 1.165) is 10.3 Å². The molecule has 9 nitrogen and oxygen atoms in total. The van der Waals surface area contributed by atoms with Crippen molar-refractivity contribution in [2.45, 2.75) is 19.6 Å². The number of thiazole rings is 1. The van der Waals surface area contributed by atoms with Crippen molar-refractivity contribution in [3.8, 4) is 17.2 Å². The summed E-state index contributed by atoms with van der Waals surface area (Å²) in [6.45, 7) is 2.79. The number of hydrogen-bond acceptors (Lipinski definition) is 9. The number of aliphatic hydroxyl groups excluding tert-OH is 1. The van der Waals surface area contributed by atoms with E-state index in [0.29, 0.717) is 57.6 Å². The van der Waals surface area contributed by atoms with E-state index < -0.39 is 23.5 Å². The van der Waals surface area contributed by atoms with Crippen LogP contribution in [0.4, 0.5) is 5.13 Å². The normalized spacial score (nSPS) is 14.8. The lowest BCUT2D eigenvalue weighted by atomic mass is 9.95. The van der Waals surface area contributed by atoms with E-state index in [1.165, 1.54) is 23.3 Å².